The van der Waals surface area contributed by atoms with Crippen LogP contribution < -0.4 is 10.9 Å². The maximum absolute atomic E-state index is 11.0. The minimum atomic E-state index is -0.810. The van der Waals surface area contributed by atoms with E-state index in [2.05, 4.69) is 15.3 Å². The summed E-state index contributed by atoms with van der Waals surface area (Å²) in [4.78, 5) is 20.8. The first-order valence-electron chi connectivity index (χ1n) is 4.04. The number of rotatable bonds is 2. The van der Waals surface area contributed by atoms with E-state index in [4.69, 9.17) is 10.6 Å². The molecule has 0 unspecified atom stereocenters. The lowest BCUT2D eigenvalue weighted by Crippen LogP contribution is -2.44. The van der Waals surface area contributed by atoms with E-state index in [0.29, 0.717) is 11.2 Å². The Kier molecular flexibility index (Phi) is 2.18. The molecule has 0 aliphatic rings. The largest absolute Gasteiger partial charge is 0.360 e. The summed E-state index contributed by atoms with van der Waals surface area (Å²) in [6.07, 6.45) is 1.55. The molecule has 8 nitrogen and oxygen atoms in total. The first-order chi connectivity index (χ1) is 7.24. The zero-order valence-corrected chi connectivity index (χ0v) is 7.86. The summed E-state index contributed by atoms with van der Waals surface area (Å²) in [6, 6.07) is 2.61. The number of hydrogen-bond acceptors (Lipinski definition) is 5. The molecule has 15 heavy (non-hydrogen) atoms. The number of hydrogen-bond donors (Lipinski definition) is 1. The molecule has 0 aliphatic heterocycles. The van der Waals surface area contributed by atoms with Crippen LogP contribution in [0.4, 0.5) is 4.79 Å². The highest BCUT2D eigenvalue weighted by molar-refractivity contribution is 5.82. The Morgan fingerprint density at radius 3 is 3.13 bits per heavy atom. The molecule has 2 amide bonds. The lowest BCUT2D eigenvalue weighted by Gasteiger charge is -2.14. The van der Waals surface area contributed by atoms with Gasteiger partial charge in [0.1, 0.15) is 5.52 Å². The summed E-state index contributed by atoms with van der Waals surface area (Å²) in [5.41, 5.74) is 6.00. The summed E-state index contributed by atoms with van der Waals surface area (Å²) < 4.78 is 0. The fourth-order valence-corrected chi connectivity index (χ4v) is 1.14. The highest BCUT2D eigenvalue weighted by Crippen LogP contribution is 2.06. The van der Waals surface area contributed by atoms with E-state index in [0.717, 1.165) is 9.96 Å². The van der Waals surface area contributed by atoms with Crippen molar-refractivity contribution in [1.82, 2.24) is 20.1 Å². The number of primary amides is 1. The predicted octanol–water partition coefficient (Wildman–Crippen LogP) is -0.596. The molecule has 0 saturated heterocycles. The van der Waals surface area contributed by atoms with Gasteiger partial charge in [-0.05, 0) is 17.3 Å². The Balaban J connectivity index is 2.55. The Bertz CT molecular complexity index is 495. The van der Waals surface area contributed by atoms with Crippen LogP contribution >= 0.6 is 0 Å². The Morgan fingerprint density at radius 2 is 2.47 bits per heavy atom. The van der Waals surface area contributed by atoms with Crippen molar-refractivity contribution in [2.45, 2.75) is 0 Å². The number of aromatic nitrogens is 4. The molecule has 0 aliphatic carbocycles. The minimum absolute atomic E-state index is 0.387. The predicted molar refractivity (Wildman–Crippen MR) is 50.1 cm³/mol. The van der Waals surface area contributed by atoms with Gasteiger partial charge in [-0.25, -0.2) is 9.78 Å². The van der Waals surface area contributed by atoms with Crippen molar-refractivity contribution < 1.29 is 9.63 Å². The van der Waals surface area contributed by atoms with Crippen molar-refractivity contribution in [1.29, 1.82) is 0 Å². The van der Waals surface area contributed by atoms with Gasteiger partial charge in [-0.2, -0.15) is 0 Å². The molecule has 2 aromatic rings. The van der Waals surface area contributed by atoms with E-state index in [1.807, 2.05) is 0 Å². The summed E-state index contributed by atoms with van der Waals surface area (Å²) in [7, 11) is 1.29. The molecule has 0 radical (unpaired) electrons. The van der Waals surface area contributed by atoms with Gasteiger partial charge in [0, 0.05) is 6.20 Å². The third-order valence-corrected chi connectivity index (χ3v) is 1.73. The van der Waals surface area contributed by atoms with Gasteiger partial charge >= 0.3 is 6.03 Å². The van der Waals surface area contributed by atoms with Crippen molar-refractivity contribution >= 4 is 17.2 Å². The number of carbonyl (C=O) groups is 1. The SMILES string of the molecule is CON(C(N)=O)n1nnc2cccnc21. The van der Waals surface area contributed by atoms with E-state index >= 15 is 0 Å². The van der Waals surface area contributed by atoms with E-state index < -0.39 is 6.03 Å². The molecule has 0 atom stereocenters. The fourth-order valence-electron chi connectivity index (χ4n) is 1.14. The average Bonchev–Trinajstić information content (AvgIpc) is 2.63. The van der Waals surface area contributed by atoms with Gasteiger partial charge in [0.25, 0.3) is 0 Å². The Hall–Kier alpha value is -2.22. The number of hydroxylamine groups is 1. The van der Waals surface area contributed by atoms with Gasteiger partial charge < -0.3 is 5.73 Å². The van der Waals surface area contributed by atoms with Crippen molar-refractivity contribution in [3.8, 4) is 0 Å². The van der Waals surface area contributed by atoms with Gasteiger partial charge in [0.15, 0.2) is 0 Å². The van der Waals surface area contributed by atoms with E-state index in [1.54, 1.807) is 18.3 Å². The topological polar surface area (TPSA) is 99.2 Å². The van der Waals surface area contributed by atoms with Crippen LogP contribution in [-0.2, 0) is 4.84 Å². The molecule has 0 aromatic carbocycles. The molecular formula is C7H8N6O2. The lowest BCUT2D eigenvalue weighted by molar-refractivity contribution is 0.112. The highest BCUT2D eigenvalue weighted by Gasteiger charge is 2.16. The fraction of sp³-hybridized carbons (Fsp3) is 0.143. The molecule has 0 bridgehead atoms. The first-order valence-corrected chi connectivity index (χ1v) is 4.04. The van der Waals surface area contributed by atoms with Crippen LogP contribution in [0.2, 0.25) is 0 Å². The molecule has 0 spiro atoms. The van der Waals surface area contributed by atoms with E-state index in [-0.39, 0.29) is 0 Å². The van der Waals surface area contributed by atoms with E-state index in [1.165, 1.54) is 7.11 Å². The van der Waals surface area contributed by atoms with Gasteiger partial charge in [-0.15, -0.1) is 9.89 Å². The van der Waals surface area contributed by atoms with Gasteiger partial charge in [0.05, 0.1) is 7.11 Å². The molecule has 2 aromatic heterocycles. The van der Waals surface area contributed by atoms with Crippen molar-refractivity contribution in [2.75, 3.05) is 12.3 Å². The third-order valence-electron chi connectivity index (χ3n) is 1.73. The summed E-state index contributed by atoms with van der Waals surface area (Å²) in [6.45, 7) is 0. The maximum atomic E-state index is 11.0. The molecule has 2 rings (SSSR count). The number of nitrogens with two attached hydrogens (primary N) is 1. The van der Waals surface area contributed by atoms with E-state index in [9.17, 15) is 4.79 Å². The quantitative estimate of drug-likeness (QED) is 0.664. The molecule has 78 valence electrons. The number of urea groups is 1. The van der Waals surface area contributed by atoms with Crippen molar-refractivity contribution in [3.63, 3.8) is 0 Å². The van der Waals surface area contributed by atoms with Crippen LogP contribution in [0.25, 0.3) is 11.2 Å². The smallest absolute Gasteiger partial charge is 0.348 e. The van der Waals surface area contributed by atoms with Crippen LogP contribution in [0.15, 0.2) is 18.3 Å². The summed E-state index contributed by atoms with van der Waals surface area (Å²) in [5, 5.41) is 8.24. The monoisotopic (exact) mass is 208 g/mol. The van der Waals surface area contributed by atoms with Gasteiger partial charge in [-0.1, -0.05) is 5.17 Å². The molecule has 2 heterocycles. The standard InChI is InChI=1S/C7H8N6O2/c1-15-13(7(8)14)12-6-5(10-11-12)3-2-4-9-6/h2-4H,1H3,(H2,8,14). The molecule has 8 heteroatoms. The first kappa shape index (κ1) is 9.34. The number of nitrogens with zero attached hydrogens (tertiary/aromatic N) is 5. The number of pyridine rings is 1. The minimum Gasteiger partial charge on any atom is -0.348 e. The molecule has 0 saturated carbocycles. The highest BCUT2D eigenvalue weighted by atomic mass is 16.7. The van der Waals surface area contributed by atoms with Crippen LogP contribution in [0.1, 0.15) is 0 Å². The van der Waals surface area contributed by atoms with Crippen LogP contribution in [0, 0.1) is 0 Å². The summed E-state index contributed by atoms with van der Waals surface area (Å²) >= 11 is 0. The van der Waals surface area contributed by atoms with Crippen molar-refractivity contribution in [2.24, 2.45) is 5.73 Å². The number of fused-ring (bicyclic) bond motifs is 1. The zero-order chi connectivity index (χ0) is 10.8. The second-order valence-corrected chi connectivity index (χ2v) is 2.62. The molecule has 2 N–H and O–H groups in total. The summed E-state index contributed by atoms with van der Waals surface area (Å²) in [5.74, 6) is 0. The normalized spacial score (nSPS) is 10.5. The van der Waals surface area contributed by atoms with Gasteiger partial charge in [0.2, 0.25) is 5.65 Å². The number of amides is 2. The molecular weight excluding hydrogens is 200 g/mol. The van der Waals surface area contributed by atoms with Crippen LogP contribution in [0.5, 0.6) is 0 Å². The van der Waals surface area contributed by atoms with Crippen LogP contribution in [-0.4, -0.2) is 33.2 Å². The third kappa shape index (κ3) is 1.46. The Labute approximate surface area is 84.2 Å². The number of carbonyl (C=O) groups excluding carboxylic acids is 1. The molecule has 0 fully saturated rings. The van der Waals surface area contributed by atoms with Crippen LogP contribution in [0.3, 0.4) is 0 Å². The van der Waals surface area contributed by atoms with Crippen molar-refractivity contribution in [3.05, 3.63) is 18.3 Å². The second kappa shape index (κ2) is 3.50. The average molecular weight is 208 g/mol. The Morgan fingerprint density at radius 1 is 1.67 bits per heavy atom. The van der Waals surface area contributed by atoms with Gasteiger partial charge in [-0.3, -0.25) is 4.84 Å². The lowest BCUT2D eigenvalue weighted by atomic mass is 10.4. The second-order valence-electron chi connectivity index (χ2n) is 2.62. The zero-order valence-electron chi connectivity index (χ0n) is 7.86. The maximum Gasteiger partial charge on any atom is 0.360 e.